The molecular formula is C20H19N3O3S2. The molecule has 0 spiro atoms. The van der Waals surface area contributed by atoms with Crippen molar-refractivity contribution < 1.29 is 13.2 Å². The van der Waals surface area contributed by atoms with Crippen LogP contribution in [0.4, 0.5) is 5.69 Å². The van der Waals surface area contributed by atoms with Crippen molar-refractivity contribution in [3.05, 3.63) is 83.2 Å². The van der Waals surface area contributed by atoms with E-state index in [4.69, 9.17) is 0 Å². The minimum atomic E-state index is -3.75. The zero-order chi connectivity index (χ0) is 20.0. The fourth-order valence-corrected chi connectivity index (χ4v) is 4.61. The molecule has 0 atom stereocenters. The molecular weight excluding hydrogens is 394 g/mol. The van der Waals surface area contributed by atoms with Gasteiger partial charge >= 0.3 is 0 Å². The number of para-hydroxylation sites is 1. The van der Waals surface area contributed by atoms with Crippen molar-refractivity contribution in [1.82, 2.24) is 5.43 Å². The van der Waals surface area contributed by atoms with Crippen LogP contribution in [0.25, 0.3) is 0 Å². The van der Waals surface area contributed by atoms with Crippen LogP contribution in [0.15, 0.2) is 81.4 Å². The Balaban J connectivity index is 1.82. The standard InChI is InChI=1S/C20H19N3O3S2/c1-2-17(15-9-4-3-5-10-15)21-22-20(24)16-11-6-7-12-18(16)23-28(25,26)19-13-8-14-27-19/h3-14,23H,2H2,1H3,(H,22,24)/b21-17+. The minimum absolute atomic E-state index is 0.179. The number of rotatable bonds is 7. The summed E-state index contributed by atoms with van der Waals surface area (Å²) in [6, 6.07) is 19.1. The van der Waals surface area contributed by atoms with E-state index < -0.39 is 15.9 Å². The Bertz CT molecular complexity index is 1080. The highest BCUT2D eigenvalue weighted by molar-refractivity contribution is 7.94. The van der Waals surface area contributed by atoms with Gasteiger partial charge < -0.3 is 0 Å². The van der Waals surface area contributed by atoms with Gasteiger partial charge in [0.25, 0.3) is 15.9 Å². The highest BCUT2D eigenvalue weighted by Crippen LogP contribution is 2.22. The van der Waals surface area contributed by atoms with Crippen molar-refractivity contribution in [2.45, 2.75) is 17.6 Å². The number of carbonyl (C=O) groups is 1. The van der Waals surface area contributed by atoms with E-state index in [0.29, 0.717) is 6.42 Å². The van der Waals surface area contributed by atoms with Crippen LogP contribution in [0.3, 0.4) is 0 Å². The first-order chi connectivity index (χ1) is 13.5. The van der Waals surface area contributed by atoms with Crippen molar-refractivity contribution in [2.24, 2.45) is 5.10 Å². The Morgan fingerprint density at radius 1 is 1.00 bits per heavy atom. The number of anilines is 1. The molecule has 0 saturated heterocycles. The van der Waals surface area contributed by atoms with Crippen LogP contribution in [0.1, 0.15) is 29.3 Å². The lowest BCUT2D eigenvalue weighted by atomic mass is 10.1. The van der Waals surface area contributed by atoms with Crippen LogP contribution in [0.5, 0.6) is 0 Å². The highest BCUT2D eigenvalue weighted by Gasteiger charge is 2.19. The summed E-state index contributed by atoms with van der Waals surface area (Å²) in [4.78, 5) is 12.6. The van der Waals surface area contributed by atoms with E-state index in [1.165, 1.54) is 6.07 Å². The molecule has 0 aliphatic carbocycles. The predicted molar refractivity (Wildman–Crippen MR) is 112 cm³/mol. The minimum Gasteiger partial charge on any atom is -0.278 e. The molecule has 2 N–H and O–H groups in total. The number of hydrogen-bond acceptors (Lipinski definition) is 5. The molecule has 0 fully saturated rings. The van der Waals surface area contributed by atoms with E-state index >= 15 is 0 Å². The SMILES string of the molecule is CC/C(=N\NC(=O)c1ccccc1NS(=O)(=O)c1cccs1)c1ccccc1. The van der Waals surface area contributed by atoms with Crippen LogP contribution in [-0.4, -0.2) is 20.0 Å². The predicted octanol–water partition coefficient (Wildman–Crippen LogP) is 4.09. The number of sulfonamides is 1. The Labute approximate surface area is 168 Å². The summed E-state index contributed by atoms with van der Waals surface area (Å²) in [7, 11) is -3.75. The first-order valence-corrected chi connectivity index (χ1v) is 10.9. The summed E-state index contributed by atoms with van der Waals surface area (Å²) in [6.07, 6.45) is 0.636. The van der Waals surface area contributed by atoms with Gasteiger partial charge in [-0.15, -0.1) is 11.3 Å². The normalized spacial score (nSPS) is 11.8. The van der Waals surface area contributed by atoms with Gasteiger partial charge in [0.1, 0.15) is 4.21 Å². The van der Waals surface area contributed by atoms with Crippen molar-refractivity contribution >= 4 is 38.7 Å². The topological polar surface area (TPSA) is 87.6 Å². The van der Waals surface area contributed by atoms with Crippen LogP contribution < -0.4 is 10.1 Å². The van der Waals surface area contributed by atoms with Gasteiger partial charge in [0.2, 0.25) is 0 Å². The van der Waals surface area contributed by atoms with E-state index in [1.807, 2.05) is 37.3 Å². The number of nitrogens with zero attached hydrogens (tertiary/aromatic N) is 1. The number of amides is 1. The summed E-state index contributed by atoms with van der Waals surface area (Å²) < 4.78 is 27.6. The molecule has 3 rings (SSSR count). The van der Waals surface area contributed by atoms with Crippen molar-refractivity contribution in [3.8, 4) is 0 Å². The zero-order valence-electron chi connectivity index (χ0n) is 15.1. The summed E-state index contributed by atoms with van der Waals surface area (Å²) in [5, 5.41) is 5.90. The van der Waals surface area contributed by atoms with Gasteiger partial charge in [0, 0.05) is 0 Å². The largest absolute Gasteiger partial charge is 0.278 e. The van der Waals surface area contributed by atoms with Crippen LogP contribution in [-0.2, 0) is 10.0 Å². The summed E-state index contributed by atoms with van der Waals surface area (Å²) in [5.74, 6) is -0.494. The lowest BCUT2D eigenvalue weighted by Gasteiger charge is -2.11. The lowest BCUT2D eigenvalue weighted by Crippen LogP contribution is -2.22. The molecule has 0 saturated carbocycles. The number of carbonyl (C=O) groups excluding carboxylic acids is 1. The second kappa shape index (κ2) is 8.81. The van der Waals surface area contributed by atoms with E-state index in [-0.39, 0.29) is 15.5 Å². The molecule has 1 heterocycles. The van der Waals surface area contributed by atoms with E-state index in [9.17, 15) is 13.2 Å². The molecule has 0 radical (unpaired) electrons. The third-order valence-corrected chi connectivity index (χ3v) is 6.67. The Kier molecular flexibility index (Phi) is 6.23. The fourth-order valence-electron chi connectivity index (χ4n) is 2.54. The lowest BCUT2D eigenvalue weighted by molar-refractivity contribution is 0.0955. The van der Waals surface area contributed by atoms with Gasteiger partial charge in [-0.25, -0.2) is 13.8 Å². The molecule has 1 amide bonds. The first-order valence-electron chi connectivity index (χ1n) is 8.59. The molecule has 6 nitrogen and oxygen atoms in total. The van der Waals surface area contributed by atoms with Gasteiger partial charge in [-0.05, 0) is 35.6 Å². The van der Waals surface area contributed by atoms with Gasteiger partial charge in [0.05, 0.1) is 17.0 Å². The maximum Gasteiger partial charge on any atom is 0.273 e. The molecule has 1 aromatic heterocycles. The maximum absolute atomic E-state index is 12.6. The molecule has 3 aromatic rings. The summed E-state index contributed by atoms with van der Waals surface area (Å²) in [5.41, 5.74) is 4.55. The third kappa shape index (κ3) is 4.65. The van der Waals surface area contributed by atoms with Gasteiger partial charge in [-0.1, -0.05) is 55.5 Å². The van der Waals surface area contributed by atoms with Gasteiger partial charge in [0.15, 0.2) is 0 Å². The van der Waals surface area contributed by atoms with E-state index in [2.05, 4.69) is 15.2 Å². The molecule has 144 valence electrons. The maximum atomic E-state index is 12.6. The number of benzene rings is 2. The van der Waals surface area contributed by atoms with Crippen LogP contribution in [0.2, 0.25) is 0 Å². The molecule has 0 unspecified atom stereocenters. The summed E-state index contributed by atoms with van der Waals surface area (Å²) >= 11 is 1.11. The van der Waals surface area contributed by atoms with Gasteiger partial charge in [-0.2, -0.15) is 5.10 Å². The molecule has 0 aliphatic rings. The number of hydrazone groups is 1. The van der Waals surface area contributed by atoms with Crippen molar-refractivity contribution in [2.75, 3.05) is 4.72 Å². The quantitative estimate of drug-likeness (QED) is 0.452. The van der Waals surface area contributed by atoms with Crippen LogP contribution >= 0.6 is 11.3 Å². The second-order valence-corrected chi connectivity index (χ2v) is 8.66. The Morgan fingerprint density at radius 2 is 1.71 bits per heavy atom. The fraction of sp³-hybridized carbons (Fsp3) is 0.100. The molecule has 8 heteroatoms. The molecule has 0 bridgehead atoms. The Morgan fingerprint density at radius 3 is 2.39 bits per heavy atom. The van der Waals surface area contributed by atoms with E-state index in [1.54, 1.807) is 35.7 Å². The second-order valence-electron chi connectivity index (χ2n) is 5.80. The average Bonchev–Trinajstić information content (AvgIpc) is 3.25. The summed E-state index contributed by atoms with van der Waals surface area (Å²) in [6.45, 7) is 1.95. The monoisotopic (exact) mass is 413 g/mol. The molecule has 0 aliphatic heterocycles. The average molecular weight is 414 g/mol. The first kappa shape index (κ1) is 19.8. The van der Waals surface area contributed by atoms with Gasteiger partial charge in [-0.3, -0.25) is 9.52 Å². The molecule has 28 heavy (non-hydrogen) atoms. The number of thiophene rings is 1. The zero-order valence-corrected chi connectivity index (χ0v) is 16.8. The van der Waals surface area contributed by atoms with E-state index in [0.717, 1.165) is 22.6 Å². The van der Waals surface area contributed by atoms with Crippen molar-refractivity contribution in [3.63, 3.8) is 0 Å². The number of nitrogens with one attached hydrogen (secondary N) is 2. The third-order valence-electron chi connectivity index (χ3n) is 3.91. The number of hydrogen-bond donors (Lipinski definition) is 2. The smallest absolute Gasteiger partial charge is 0.273 e. The highest BCUT2D eigenvalue weighted by atomic mass is 32.2. The molecule has 2 aromatic carbocycles. The Hall–Kier alpha value is -2.97. The van der Waals surface area contributed by atoms with Crippen molar-refractivity contribution in [1.29, 1.82) is 0 Å². The van der Waals surface area contributed by atoms with Crippen LogP contribution in [0, 0.1) is 0 Å².